The average Bonchev–Trinajstić information content (AvgIpc) is 2.47. The van der Waals surface area contributed by atoms with Crippen LogP contribution < -0.4 is 0 Å². The molecule has 1 heteroatoms. The van der Waals surface area contributed by atoms with Crippen LogP contribution in [-0.2, 0) is 0 Å². The first kappa shape index (κ1) is 9.75. The lowest BCUT2D eigenvalue weighted by molar-refractivity contribution is 0.399. The number of hydrogen-bond acceptors (Lipinski definition) is 1. The van der Waals surface area contributed by atoms with Crippen molar-refractivity contribution in [1.29, 1.82) is 0 Å². The Morgan fingerprint density at radius 3 is 2.15 bits per heavy atom. The van der Waals surface area contributed by atoms with Crippen LogP contribution in [0.5, 0.6) is 0 Å². The summed E-state index contributed by atoms with van der Waals surface area (Å²) in [5.74, 6) is 0. The third-order valence-electron chi connectivity index (χ3n) is 2.09. The summed E-state index contributed by atoms with van der Waals surface area (Å²) in [6.45, 7) is 6.09. The minimum Gasteiger partial charge on any atom is -0.400 e. The Balaban J connectivity index is 0.000000396. The molecule has 0 fully saturated rings. The van der Waals surface area contributed by atoms with Gasteiger partial charge in [0.15, 0.2) is 0 Å². The van der Waals surface area contributed by atoms with E-state index in [0.717, 1.165) is 12.7 Å². The number of hydrogen-bond donors (Lipinski definition) is 1. The topological polar surface area (TPSA) is 20.2 Å². The summed E-state index contributed by atoms with van der Waals surface area (Å²) < 4.78 is 0. The minimum atomic E-state index is 1.00. The summed E-state index contributed by atoms with van der Waals surface area (Å²) in [5.41, 5.74) is 5.08. The highest BCUT2D eigenvalue weighted by Gasteiger charge is 2.11. The summed E-state index contributed by atoms with van der Waals surface area (Å²) >= 11 is 0. The molecule has 0 radical (unpaired) electrons. The van der Waals surface area contributed by atoms with Crippen molar-refractivity contribution in [2.24, 2.45) is 0 Å². The third-order valence-corrected chi connectivity index (χ3v) is 2.09. The molecule has 0 unspecified atom stereocenters. The summed E-state index contributed by atoms with van der Waals surface area (Å²) in [5, 5.41) is 7.00. The van der Waals surface area contributed by atoms with Crippen molar-refractivity contribution in [2.45, 2.75) is 6.92 Å². The van der Waals surface area contributed by atoms with Gasteiger partial charge < -0.3 is 5.11 Å². The van der Waals surface area contributed by atoms with E-state index in [1.54, 1.807) is 0 Å². The number of aliphatic hydroxyl groups is 1. The van der Waals surface area contributed by atoms with E-state index in [1.807, 2.05) is 0 Å². The van der Waals surface area contributed by atoms with E-state index in [0.29, 0.717) is 0 Å². The average molecular weight is 174 g/mol. The molecule has 0 amide bonds. The molecular weight excluding hydrogens is 160 g/mol. The third kappa shape index (κ3) is 1.70. The van der Waals surface area contributed by atoms with Crippen molar-refractivity contribution in [2.75, 3.05) is 7.11 Å². The second-order valence-corrected chi connectivity index (χ2v) is 2.90. The van der Waals surface area contributed by atoms with Crippen molar-refractivity contribution >= 4 is 11.1 Å². The standard InChI is InChI=1S/C11H10.CH4O/c1-8-7-9(2)11-6-4-3-5-10(8)11;1-2/h3-7H,1H2,2H3;2H,1H3. The normalized spacial score (nSPS) is 12.8. The molecule has 0 saturated carbocycles. The molecular formula is C12H14O. The number of benzene rings is 1. The van der Waals surface area contributed by atoms with E-state index in [-0.39, 0.29) is 0 Å². The van der Waals surface area contributed by atoms with Crippen molar-refractivity contribution in [3.8, 4) is 0 Å². The van der Waals surface area contributed by atoms with E-state index < -0.39 is 0 Å². The molecule has 1 N–H and O–H groups in total. The van der Waals surface area contributed by atoms with E-state index in [1.165, 1.54) is 16.7 Å². The fourth-order valence-corrected chi connectivity index (χ4v) is 1.52. The molecule has 0 aromatic heterocycles. The van der Waals surface area contributed by atoms with Crippen LogP contribution in [0.2, 0.25) is 0 Å². The molecule has 0 aliphatic heterocycles. The summed E-state index contributed by atoms with van der Waals surface area (Å²) in [6, 6.07) is 8.37. The predicted molar refractivity (Wildman–Crippen MR) is 57.3 cm³/mol. The van der Waals surface area contributed by atoms with E-state index in [4.69, 9.17) is 5.11 Å². The van der Waals surface area contributed by atoms with Crippen LogP contribution in [0.3, 0.4) is 0 Å². The van der Waals surface area contributed by atoms with Gasteiger partial charge in [0.05, 0.1) is 0 Å². The van der Waals surface area contributed by atoms with Gasteiger partial charge in [-0.05, 0) is 29.2 Å². The van der Waals surface area contributed by atoms with Gasteiger partial charge in [-0.15, -0.1) is 0 Å². The summed E-state index contributed by atoms with van der Waals surface area (Å²) in [4.78, 5) is 0. The predicted octanol–water partition coefficient (Wildman–Crippen LogP) is 2.73. The fraction of sp³-hybridized carbons (Fsp3) is 0.167. The Morgan fingerprint density at radius 2 is 1.62 bits per heavy atom. The lowest BCUT2D eigenvalue weighted by Gasteiger charge is -1.98. The molecule has 1 nitrogen and oxygen atoms in total. The monoisotopic (exact) mass is 174 g/mol. The highest BCUT2D eigenvalue weighted by atomic mass is 16.2. The number of allylic oxidation sites excluding steroid dienone is 3. The Kier molecular flexibility index (Phi) is 3.04. The zero-order valence-corrected chi connectivity index (χ0v) is 8.04. The first-order chi connectivity index (χ1) is 6.29. The molecule has 13 heavy (non-hydrogen) atoms. The second kappa shape index (κ2) is 4.06. The molecule has 0 heterocycles. The summed E-state index contributed by atoms with van der Waals surface area (Å²) in [7, 11) is 1.00. The first-order valence-electron chi connectivity index (χ1n) is 4.21. The Morgan fingerprint density at radius 1 is 1.08 bits per heavy atom. The number of fused-ring (bicyclic) bond motifs is 1. The Bertz CT molecular complexity index is 348. The number of aliphatic hydroxyl groups excluding tert-OH is 1. The van der Waals surface area contributed by atoms with Gasteiger partial charge in [0, 0.05) is 7.11 Å². The number of rotatable bonds is 0. The van der Waals surface area contributed by atoms with Gasteiger partial charge in [0.25, 0.3) is 0 Å². The molecule has 0 bridgehead atoms. The van der Waals surface area contributed by atoms with Gasteiger partial charge in [0.1, 0.15) is 0 Å². The SMILES string of the molecule is C=C1C=C(C)c2ccccc21.CO. The minimum absolute atomic E-state index is 1.00. The molecule has 0 saturated heterocycles. The van der Waals surface area contributed by atoms with Crippen LogP contribution in [0, 0.1) is 0 Å². The molecule has 1 aliphatic carbocycles. The largest absolute Gasteiger partial charge is 0.400 e. The summed E-state index contributed by atoms with van der Waals surface area (Å²) in [6.07, 6.45) is 2.13. The van der Waals surface area contributed by atoms with Gasteiger partial charge in [0.2, 0.25) is 0 Å². The van der Waals surface area contributed by atoms with Gasteiger partial charge >= 0.3 is 0 Å². The Hall–Kier alpha value is -1.34. The van der Waals surface area contributed by atoms with Crippen LogP contribution in [0.25, 0.3) is 11.1 Å². The van der Waals surface area contributed by atoms with Crippen LogP contribution >= 0.6 is 0 Å². The maximum Gasteiger partial charge on any atom is 0.0319 e. The van der Waals surface area contributed by atoms with Crippen LogP contribution in [0.4, 0.5) is 0 Å². The van der Waals surface area contributed by atoms with E-state index in [9.17, 15) is 0 Å². The van der Waals surface area contributed by atoms with Crippen molar-refractivity contribution in [3.05, 3.63) is 48.0 Å². The lowest BCUT2D eigenvalue weighted by Crippen LogP contribution is -1.78. The quantitative estimate of drug-likeness (QED) is 0.641. The molecule has 1 aromatic carbocycles. The smallest absolute Gasteiger partial charge is 0.0319 e. The van der Waals surface area contributed by atoms with Crippen molar-refractivity contribution in [3.63, 3.8) is 0 Å². The van der Waals surface area contributed by atoms with Gasteiger partial charge in [-0.2, -0.15) is 0 Å². The van der Waals surface area contributed by atoms with Crippen molar-refractivity contribution < 1.29 is 5.11 Å². The molecule has 1 aliphatic rings. The molecule has 2 rings (SSSR count). The van der Waals surface area contributed by atoms with Crippen LogP contribution in [0.1, 0.15) is 18.1 Å². The lowest BCUT2D eigenvalue weighted by atomic mass is 10.1. The maximum absolute atomic E-state index is 7.00. The molecule has 0 atom stereocenters. The highest BCUT2D eigenvalue weighted by Crippen LogP contribution is 2.32. The molecule has 1 aromatic rings. The molecule has 68 valence electrons. The zero-order chi connectivity index (χ0) is 9.84. The van der Waals surface area contributed by atoms with Crippen molar-refractivity contribution in [1.82, 2.24) is 0 Å². The van der Waals surface area contributed by atoms with Gasteiger partial charge in [-0.1, -0.05) is 36.9 Å². The Labute approximate surface area is 79.0 Å². The zero-order valence-electron chi connectivity index (χ0n) is 8.04. The fourth-order valence-electron chi connectivity index (χ4n) is 1.52. The van der Waals surface area contributed by atoms with Gasteiger partial charge in [-0.25, -0.2) is 0 Å². The highest BCUT2D eigenvalue weighted by molar-refractivity contribution is 5.93. The molecule has 0 spiro atoms. The second-order valence-electron chi connectivity index (χ2n) is 2.90. The van der Waals surface area contributed by atoms with Crippen LogP contribution in [0.15, 0.2) is 36.9 Å². The van der Waals surface area contributed by atoms with E-state index >= 15 is 0 Å². The van der Waals surface area contributed by atoms with Gasteiger partial charge in [-0.3, -0.25) is 0 Å². The van der Waals surface area contributed by atoms with E-state index in [2.05, 4.69) is 43.8 Å². The van der Waals surface area contributed by atoms with Crippen LogP contribution in [-0.4, -0.2) is 12.2 Å². The first-order valence-corrected chi connectivity index (χ1v) is 4.21. The maximum atomic E-state index is 7.00.